The number of aromatic amines is 1. The summed E-state index contributed by atoms with van der Waals surface area (Å²) in [5.41, 5.74) is 0.417. The summed E-state index contributed by atoms with van der Waals surface area (Å²) in [4.78, 5) is 59.6. The average molecular weight is 629 g/mol. The first-order valence-corrected chi connectivity index (χ1v) is 15.8. The molecule has 0 aliphatic carbocycles. The molecule has 3 heterocycles. The lowest BCUT2D eigenvalue weighted by atomic mass is 9.73. The first-order chi connectivity index (χ1) is 21.7. The highest BCUT2D eigenvalue weighted by molar-refractivity contribution is 6.14. The minimum Gasteiger partial charge on any atom is -0.444 e. The van der Waals surface area contributed by atoms with Crippen LogP contribution in [-0.2, 0) is 32.0 Å². The Morgan fingerprint density at radius 3 is 2.43 bits per heavy atom. The fourth-order valence-electron chi connectivity index (χ4n) is 6.23. The third kappa shape index (κ3) is 6.78. The van der Waals surface area contributed by atoms with Crippen molar-refractivity contribution in [2.75, 3.05) is 19.6 Å². The number of rotatable bonds is 9. The molecule has 0 bridgehead atoms. The number of carbonyl (C=O) groups excluding carboxylic acids is 4. The van der Waals surface area contributed by atoms with Crippen molar-refractivity contribution in [3.8, 4) is 0 Å². The van der Waals surface area contributed by atoms with E-state index in [1.165, 1.54) is 5.01 Å². The number of amides is 4. The van der Waals surface area contributed by atoms with Gasteiger partial charge in [-0.2, -0.15) is 5.10 Å². The standard InChI is InChI=1S/C35H44N6O5/c1-7-41-31(44)35(20-23-13-9-8-10-14-23)22-40(18-17-28(35)39-41)29(42)27(19-24-21-36-26-16-12-11-15-25(24)26)37-30(43)34(5,6)38-32(45)46-33(2,3)4/h8-16,21,27,36H,7,17-20,22H2,1-6H3,(H,37,43)(H,38,45)/t27-,35-/m1/s1. The summed E-state index contributed by atoms with van der Waals surface area (Å²) in [6, 6.07) is 16.6. The zero-order chi connectivity index (χ0) is 33.3. The van der Waals surface area contributed by atoms with Crippen LogP contribution in [-0.4, -0.2) is 81.2 Å². The second-order valence-corrected chi connectivity index (χ2v) is 13.7. The van der Waals surface area contributed by atoms with Crippen molar-refractivity contribution in [1.82, 2.24) is 25.5 Å². The molecule has 2 aromatic carbocycles. The van der Waals surface area contributed by atoms with E-state index < -0.39 is 34.6 Å². The highest BCUT2D eigenvalue weighted by Gasteiger charge is 2.54. The third-order valence-corrected chi connectivity index (χ3v) is 8.56. The van der Waals surface area contributed by atoms with Gasteiger partial charge in [-0.15, -0.1) is 0 Å². The number of likely N-dealkylation sites (tertiary alicyclic amines) is 1. The number of hydrazone groups is 1. The number of hydrogen-bond donors (Lipinski definition) is 3. The molecule has 4 amide bonds. The maximum absolute atomic E-state index is 14.5. The summed E-state index contributed by atoms with van der Waals surface area (Å²) in [6.45, 7) is 11.2. The number of nitrogens with zero attached hydrogens (tertiary/aromatic N) is 3. The molecule has 0 spiro atoms. The molecule has 2 aliphatic heterocycles. The first-order valence-electron chi connectivity index (χ1n) is 15.8. The average Bonchev–Trinajstić information content (AvgIpc) is 3.53. The number of para-hydroxylation sites is 1. The Balaban J connectivity index is 1.44. The lowest BCUT2D eigenvalue weighted by Crippen LogP contribution is -2.62. The first kappa shape index (κ1) is 32.7. The topological polar surface area (TPSA) is 136 Å². The summed E-state index contributed by atoms with van der Waals surface area (Å²) < 4.78 is 5.38. The third-order valence-electron chi connectivity index (χ3n) is 8.56. The zero-order valence-corrected chi connectivity index (χ0v) is 27.5. The number of carbonyl (C=O) groups is 4. The molecular weight excluding hydrogens is 584 g/mol. The number of H-pyrrole nitrogens is 1. The van der Waals surface area contributed by atoms with Gasteiger partial charge in [0.2, 0.25) is 11.8 Å². The Labute approximate surface area is 269 Å². The van der Waals surface area contributed by atoms with Crippen LogP contribution < -0.4 is 10.6 Å². The molecular formula is C35H44N6O5. The molecule has 5 rings (SSSR count). The van der Waals surface area contributed by atoms with Gasteiger partial charge in [0, 0.05) is 49.6 Å². The van der Waals surface area contributed by atoms with Crippen LogP contribution in [0.3, 0.4) is 0 Å². The van der Waals surface area contributed by atoms with Crippen LogP contribution in [0.5, 0.6) is 0 Å². The SMILES string of the molecule is CCN1N=C2CCN(C(=O)[C@@H](Cc3c[nH]c4ccccc34)NC(=O)C(C)(C)NC(=O)OC(C)(C)C)C[C@@]2(Cc2ccccc2)C1=O. The van der Waals surface area contributed by atoms with Gasteiger partial charge in [-0.3, -0.25) is 14.4 Å². The zero-order valence-electron chi connectivity index (χ0n) is 27.5. The van der Waals surface area contributed by atoms with Crippen molar-refractivity contribution < 1.29 is 23.9 Å². The van der Waals surface area contributed by atoms with Gasteiger partial charge >= 0.3 is 6.09 Å². The van der Waals surface area contributed by atoms with E-state index in [2.05, 4.69) is 20.7 Å². The maximum Gasteiger partial charge on any atom is 0.408 e. The lowest BCUT2D eigenvalue weighted by Gasteiger charge is -2.41. The molecule has 2 aliphatic rings. The van der Waals surface area contributed by atoms with Crippen LogP contribution in [0.15, 0.2) is 65.9 Å². The Bertz CT molecular complexity index is 1660. The van der Waals surface area contributed by atoms with E-state index in [1.807, 2.05) is 67.7 Å². The second-order valence-electron chi connectivity index (χ2n) is 13.7. The second kappa shape index (κ2) is 12.6. The van der Waals surface area contributed by atoms with Crippen LogP contribution in [0.2, 0.25) is 0 Å². The number of hydrogen-bond acceptors (Lipinski definition) is 6. The predicted octanol–water partition coefficient (Wildman–Crippen LogP) is 4.18. The van der Waals surface area contributed by atoms with E-state index in [0.717, 1.165) is 27.7 Å². The molecule has 46 heavy (non-hydrogen) atoms. The van der Waals surface area contributed by atoms with Gasteiger partial charge < -0.3 is 25.3 Å². The van der Waals surface area contributed by atoms with Gasteiger partial charge in [-0.25, -0.2) is 9.80 Å². The minimum atomic E-state index is -1.39. The van der Waals surface area contributed by atoms with Crippen molar-refractivity contribution >= 4 is 40.4 Å². The smallest absolute Gasteiger partial charge is 0.408 e. The van der Waals surface area contributed by atoms with E-state index in [0.29, 0.717) is 25.9 Å². The van der Waals surface area contributed by atoms with E-state index in [-0.39, 0.29) is 24.8 Å². The van der Waals surface area contributed by atoms with Gasteiger partial charge in [0.1, 0.15) is 22.6 Å². The molecule has 2 atom stereocenters. The predicted molar refractivity (Wildman–Crippen MR) is 176 cm³/mol. The van der Waals surface area contributed by atoms with Gasteiger partial charge in [-0.1, -0.05) is 48.5 Å². The van der Waals surface area contributed by atoms with Crippen LogP contribution in [0.4, 0.5) is 4.79 Å². The molecule has 1 saturated heterocycles. The minimum absolute atomic E-state index is 0.119. The maximum atomic E-state index is 14.5. The molecule has 11 nitrogen and oxygen atoms in total. The molecule has 3 aromatic rings. The number of nitrogens with one attached hydrogen (secondary N) is 3. The van der Waals surface area contributed by atoms with E-state index >= 15 is 0 Å². The Kier molecular flexibility index (Phi) is 8.97. The van der Waals surface area contributed by atoms with Crippen LogP contribution in [0.1, 0.15) is 59.1 Å². The van der Waals surface area contributed by atoms with E-state index in [4.69, 9.17) is 4.74 Å². The molecule has 0 unspecified atom stereocenters. The molecule has 3 N–H and O–H groups in total. The van der Waals surface area contributed by atoms with Crippen LogP contribution >= 0.6 is 0 Å². The van der Waals surface area contributed by atoms with Gasteiger partial charge in [-0.05, 0) is 65.2 Å². The van der Waals surface area contributed by atoms with Crippen molar-refractivity contribution in [3.63, 3.8) is 0 Å². The number of piperidine rings is 1. The van der Waals surface area contributed by atoms with Crippen LogP contribution in [0.25, 0.3) is 10.9 Å². The number of ether oxygens (including phenoxy) is 1. The molecule has 0 saturated carbocycles. The van der Waals surface area contributed by atoms with Gasteiger partial charge in [0.05, 0.1) is 5.71 Å². The number of fused-ring (bicyclic) bond motifs is 2. The van der Waals surface area contributed by atoms with Crippen molar-refractivity contribution in [3.05, 3.63) is 71.9 Å². The normalized spacial score (nSPS) is 19.0. The number of aromatic nitrogens is 1. The Hall–Kier alpha value is -4.67. The van der Waals surface area contributed by atoms with Gasteiger partial charge in [0.25, 0.3) is 5.91 Å². The summed E-state index contributed by atoms with van der Waals surface area (Å²) in [6.07, 6.45) is 2.17. The molecule has 1 aromatic heterocycles. The van der Waals surface area contributed by atoms with Gasteiger partial charge in [0.15, 0.2) is 0 Å². The van der Waals surface area contributed by atoms with E-state index in [1.54, 1.807) is 39.5 Å². The fourth-order valence-corrected chi connectivity index (χ4v) is 6.23. The quantitative estimate of drug-likeness (QED) is 0.327. The van der Waals surface area contributed by atoms with Crippen molar-refractivity contribution in [1.29, 1.82) is 0 Å². The highest BCUT2D eigenvalue weighted by Crippen LogP contribution is 2.39. The lowest BCUT2D eigenvalue weighted by molar-refractivity contribution is -0.143. The molecule has 0 radical (unpaired) electrons. The fraction of sp³-hybridized carbons (Fsp3) is 0.457. The number of benzene rings is 2. The molecule has 1 fully saturated rings. The molecule has 11 heteroatoms. The summed E-state index contributed by atoms with van der Waals surface area (Å²) in [5.74, 6) is -0.962. The van der Waals surface area contributed by atoms with Crippen molar-refractivity contribution in [2.45, 2.75) is 78.0 Å². The Morgan fingerprint density at radius 1 is 1.04 bits per heavy atom. The monoisotopic (exact) mass is 628 g/mol. The Morgan fingerprint density at radius 2 is 1.74 bits per heavy atom. The van der Waals surface area contributed by atoms with Crippen molar-refractivity contribution in [2.24, 2.45) is 10.5 Å². The summed E-state index contributed by atoms with van der Waals surface area (Å²) in [7, 11) is 0. The summed E-state index contributed by atoms with van der Waals surface area (Å²) >= 11 is 0. The van der Waals surface area contributed by atoms with Crippen LogP contribution in [0, 0.1) is 5.41 Å². The highest BCUT2D eigenvalue weighted by atomic mass is 16.6. The largest absolute Gasteiger partial charge is 0.444 e. The number of alkyl carbamates (subject to hydrolysis) is 1. The van der Waals surface area contributed by atoms with E-state index in [9.17, 15) is 19.2 Å². The molecule has 244 valence electrons. The summed E-state index contributed by atoms with van der Waals surface area (Å²) in [5, 5.41) is 12.7.